The van der Waals surface area contributed by atoms with Gasteiger partial charge in [-0.05, 0) is 33.1 Å². The highest BCUT2D eigenvalue weighted by Crippen LogP contribution is 2.35. The van der Waals surface area contributed by atoms with Crippen molar-refractivity contribution in [1.82, 2.24) is 0 Å². The Kier molecular flexibility index (Phi) is 10.7. The van der Waals surface area contributed by atoms with Crippen LogP contribution in [0, 0.1) is 35.5 Å². The third-order valence-electron chi connectivity index (χ3n) is 7.57. The molecule has 4 N–H and O–H groups in total. The summed E-state index contributed by atoms with van der Waals surface area (Å²) in [6, 6.07) is 0. The van der Waals surface area contributed by atoms with Gasteiger partial charge in [-0.1, -0.05) is 34.6 Å². The standard InChI is InChI=1S/C25H44O9/c1-11-10-25(9,32)23(30)16(6)22(33-18(8)27)15(5)21(12(2)17(7)26)34-24(31)14(4)20(29)13(3)19(11)28/h11-17,19-22,26,28-29,32H,10H2,1-9H3/t11?,12-,13+,14+,15-,16+,17-,19-,20-,21+,22-,25-/m0/s1. The van der Waals surface area contributed by atoms with Crippen molar-refractivity contribution in [2.45, 2.75) is 105 Å². The number of esters is 2. The summed E-state index contributed by atoms with van der Waals surface area (Å²) in [6.07, 6.45) is -5.38. The third-order valence-corrected chi connectivity index (χ3v) is 7.57. The first-order chi connectivity index (χ1) is 15.4. The molecule has 0 spiro atoms. The van der Waals surface area contributed by atoms with Gasteiger partial charge in [0.1, 0.15) is 17.8 Å². The zero-order chi connectivity index (χ0) is 26.7. The molecule has 9 heteroatoms. The van der Waals surface area contributed by atoms with Gasteiger partial charge >= 0.3 is 11.9 Å². The van der Waals surface area contributed by atoms with Crippen LogP contribution in [0.5, 0.6) is 0 Å². The van der Waals surface area contributed by atoms with Gasteiger partial charge in [-0.3, -0.25) is 14.4 Å². The molecular formula is C25H44O9. The van der Waals surface area contributed by atoms with Crippen molar-refractivity contribution < 1.29 is 44.3 Å². The molecule has 198 valence electrons. The third kappa shape index (κ3) is 6.99. The van der Waals surface area contributed by atoms with Crippen LogP contribution >= 0.6 is 0 Å². The smallest absolute Gasteiger partial charge is 0.311 e. The van der Waals surface area contributed by atoms with Crippen LogP contribution in [0.1, 0.15) is 68.7 Å². The fourth-order valence-corrected chi connectivity index (χ4v) is 5.06. The Morgan fingerprint density at radius 3 is 2.03 bits per heavy atom. The van der Waals surface area contributed by atoms with Gasteiger partial charge in [0, 0.05) is 24.7 Å². The van der Waals surface area contributed by atoms with Gasteiger partial charge < -0.3 is 29.9 Å². The van der Waals surface area contributed by atoms with E-state index in [4.69, 9.17) is 9.47 Å². The first kappa shape index (κ1) is 30.5. The minimum Gasteiger partial charge on any atom is -0.461 e. The van der Waals surface area contributed by atoms with Gasteiger partial charge in [-0.15, -0.1) is 0 Å². The van der Waals surface area contributed by atoms with E-state index in [1.54, 1.807) is 27.7 Å². The lowest BCUT2D eigenvalue weighted by Crippen LogP contribution is -2.52. The second-order valence-corrected chi connectivity index (χ2v) is 10.7. The summed E-state index contributed by atoms with van der Waals surface area (Å²) >= 11 is 0. The van der Waals surface area contributed by atoms with E-state index < -0.39 is 89.4 Å². The van der Waals surface area contributed by atoms with Crippen molar-refractivity contribution in [2.75, 3.05) is 0 Å². The number of aliphatic hydroxyl groups is 4. The Morgan fingerprint density at radius 2 is 1.56 bits per heavy atom. The van der Waals surface area contributed by atoms with Gasteiger partial charge in [0.25, 0.3) is 0 Å². The Balaban J connectivity index is 3.63. The van der Waals surface area contributed by atoms with Crippen LogP contribution in [0.15, 0.2) is 0 Å². The molecule has 1 rings (SSSR count). The summed E-state index contributed by atoms with van der Waals surface area (Å²) in [5.41, 5.74) is -1.85. The molecule has 0 aromatic rings. The van der Waals surface area contributed by atoms with Gasteiger partial charge in [0.2, 0.25) is 0 Å². The average molecular weight is 489 g/mol. The van der Waals surface area contributed by atoms with E-state index in [2.05, 4.69) is 0 Å². The first-order valence-electron chi connectivity index (χ1n) is 12.1. The Labute approximate surface area is 202 Å². The van der Waals surface area contributed by atoms with Crippen LogP contribution in [0.4, 0.5) is 0 Å². The molecule has 34 heavy (non-hydrogen) atoms. The Morgan fingerprint density at radius 1 is 1.03 bits per heavy atom. The molecule has 0 radical (unpaired) electrons. The molecule has 1 aliphatic heterocycles. The van der Waals surface area contributed by atoms with Crippen LogP contribution in [0.2, 0.25) is 0 Å². The Bertz CT molecular complexity index is 719. The maximum Gasteiger partial charge on any atom is 0.311 e. The molecule has 0 bridgehead atoms. The first-order valence-corrected chi connectivity index (χ1v) is 12.1. The number of Topliss-reactive ketones (excluding diaryl/α,β-unsaturated/α-hetero) is 1. The van der Waals surface area contributed by atoms with Crippen molar-refractivity contribution in [3.8, 4) is 0 Å². The van der Waals surface area contributed by atoms with Gasteiger partial charge in [0.05, 0.1) is 30.1 Å². The predicted molar refractivity (Wildman–Crippen MR) is 124 cm³/mol. The van der Waals surface area contributed by atoms with Crippen molar-refractivity contribution in [3.63, 3.8) is 0 Å². The van der Waals surface area contributed by atoms with Crippen LogP contribution in [-0.2, 0) is 23.9 Å². The molecule has 9 nitrogen and oxygen atoms in total. The molecule has 0 aliphatic carbocycles. The van der Waals surface area contributed by atoms with E-state index in [-0.39, 0.29) is 6.42 Å². The van der Waals surface area contributed by atoms with E-state index >= 15 is 0 Å². The Hall–Kier alpha value is -1.55. The lowest BCUT2D eigenvalue weighted by atomic mass is 9.74. The quantitative estimate of drug-likeness (QED) is 0.433. The SMILES string of the molecule is CC(=O)O[C@H]1[C@@H](C)[C@@H]([C@@H](C)[C@H](C)O)OC(=O)[C@H](C)[C@@H](O)[C@H](C)[C@@H](O)C(C)C[C@](C)(O)C(=O)[C@@H]1C. The highest BCUT2D eigenvalue weighted by molar-refractivity contribution is 5.89. The van der Waals surface area contributed by atoms with Crippen LogP contribution in [0.25, 0.3) is 0 Å². The molecule has 1 fully saturated rings. The minimum absolute atomic E-state index is 0.0953. The number of carbonyl (C=O) groups is 3. The number of rotatable bonds is 3. The van der Waals surface area contributed by atoms with Gasteiger partial charge in [-0.2, -0.15) is 0 Å². The maximum absolute atomic E-state index is 13.4. The molecular weight excluding hydrogens is 444 g/mol. The number of cyclic esters (lactones) is 1. The number of ether oxygens (including phenoxy) is 2. The summed E-state index contributed by atoms with van der Waals surface area (Å²) in [5, 5.41) is 42.9. The van der Waals surface area contributed by atoms with E-state index in [0.717, 1.165) is 0 Å². The van der Waals surface area contributed by atoms with Crippen molar-refractivity contribution in [3.05, 3.63) is 0 Å². The molecule has 0 amide bonds. The largest absolute Gasteiger partial charge is 0.461 e. The fourth-order valence-electron chi connectivity index (χ4n) is 5.06. The van der Waals surface area contributed by atoms with Crippen molar-refractivity contribution in [2.24, 2.45) is 35.5 Å². The lowest BCUT2D eigenvalue weighted by Gasteiger charge is -2.40. The number of hydrogen-bond acceptors (Lipinski definition) is 9. The molecule has 1 unspecified atom stereocenters. The van der Waals surface area contributed by atoms with Crippen LogP contribution in [-0.4, -0.2) is 74.3 Å². The topological polar surface area (TPSA) is 151 Å². The van der Waals surface area contributed by atoms with Gasteiger partial charge in [0.15, 0.2) is 5.78 Å². The summed E-state index contributed by atoms with van der Waals surface area (Å²) in [7, 11) is 0. The highest BCUT2D eigenvalue weighted by Gasteiger charge is 2.47. The molecule has 0 aromatic carbocycles. The molecule has 12 atom stereocenters. The van der Waals surface area contributed by atoms with Crippen LogP contribution < -0.4 is 0 Å². The molecule has 0 saturated carbocycles. The van der Waals surface area contributed by atoms with Crippen molar-refractivity contribution in [1.29, 1.82) is 0 Å². The number of carbonyl (C=O) groups excluding carboxylic acids is 3. The second-order valence-electron chi connectivity index (χ2n) is 10.7. The van der Waals surface area contributed by atoms with Gasteiger partial charge in [-0.25, -0.2) is 0 Å². The molecule has 1 heterocycles. The summed E-state index contributed by atoms with van der Waals surface area (Å²) in [4.78, 5) is 38.3. The van der Waals surface area contributed by atoms with E-state index in [1.165, 1.54) is 34.6 Å². The zero-order valence-electron chi connectivity index (χ0n) is 21.9. The fraction of sp³-hybridized carbons (Fsp3) is 0.880. The number of hydrogen-bond donors (Lipinski definition) is 4. The average Bonchev–Trinajstić information content (AvgIpc) is 2.75. The van der Waals surface area contributed by atoms with Crippen LogP contribution in [0.3, 0.4) is 0 Å². The highest BCUT2D eigenvalue weighted by atomic mass is 16.6. The second kappa shape index (κ2) is 11.9. The number of aliphatic hydroxyl groups excluding tert-OH is 3. The lowest BCUT2D eigenvalue weighted by molar-refractivity contribution is -0.179. The molecule has 1 saturated heterocycles. The van der Waals surface area contributed by atoms with E-state index in [1.807, 2.05) is 0 Å². The minimum atomic E-state index is -1.85. The number of ketones is 1. The summed E-state index contributed by atoms with van der Waals surface area (Å²) in [6.45, 7) is 13.7. The summed E-state index contributed by atoms with van der Waals surface area (Å²) < 4.78 is 11.3. The summed E-state index contributed by atoms with van der Waals surface area (Å²) in [5.74, 6) is -6.58. The van der Waals surface area contributed by atoms with E-state index in [9.17, 15) is 34.8 Å². The predicted octanol–water partition coefficient (Wildman–Crippen LogP) is 1.47. The van der Waals surface area contributed by atoms with E-state index in [0.29, 0.717) is 0 Å². The normalized spacial score (nSPS) is 42.8. The molecule has 1 aliphatic rings. The zero-order valence-corrected chi connectivity index (χ0v) is 21.9. The van der Waals surface area contributed by atoms with Crippen molar-refractivity contribution >= 4 is 17.7 Å². The monoisotopic (exact) mass is 488 g/mol. The maximum atomic E-state index is 13.4. The molecule has 0 aromatic heterocycles.